The Hall–Kier alpha value is -3.51. The Morgan fingerprint density at radius 1 is 1.06 bits per heavy atom. The smallest absolute Gasteiger partial charge is 0.257 e. The molecule has 4 rings (SSSR count). The zero-order valence-electron chi connectivity index (χ0n) is 18.9. The van der Waals surface area contributed by atoms with Crippen molar-refractivity contribution in [3.8, 4) is 5.75 Å². The van der Waals surface area contributed by atoms with E-state index in [0.29, 0.717) is 19.6 Å². The third-order valence-electron chi connectivity index (χ3n) is 5.62. The molecule has 0 N–H and O–H groups in total. The summed E-state index contributed by atoms with van der Waals surface area (Å²) >= 11 is 0. The van der Waals surface area contributed by atoms with Crippen LogP contribution in [0.4, 0.5) is 4.39 Å². The van der Waals surface area contributed by atoms with Crippen molar-refractivity contribution in [1.82, 2.24) is 9.91 Å². The number of rotatable bonds is 8. The van der Waals surface area contributed by atoms with E-state index in [9.17, 15) is 9.18 Å². The summed E-state index contributed by atoms with van der Waals surface area (Å²) in [7, 11) is 1.93. The standard InChI is InChI=1S/C27H28FN3O2/c1-3-33-24-15-11-22(12-16-24)26-17-25(21-9-13-23(28)14-10-21)29-31(26)27(32)19-30(2)18-20-7-5-4-6-8-20/h4-16,26H,3,17-19H2,1-2H3. The lowest BCUT2D eigenvalue weighted by molar-refractivity contribution is -0.134. The Balaban J connectivity index is 1.55. The van der Waals surface area contributed by atoms with Gasteiger partial charge in [-0.3, -0.25) is 9.69 Å². The topological polar surface area (TPSA) is 45.1 Å². The Morgan fingerprint density at radius 2 is 1.76 bits per heavy atom. The van der Waals surface area contributed by atoms with Gasteiger partial charge < -0.3 is 4.74 Å². The molecule has 0 saturated carbocycles. The van der Waals surface area contributed by atoms with E-state index in [1.807, 2.05) is 73.5 Å². The van der Waals surface area contributed by atoms with Gasteiger partial charge >= 0.3 is 0 Å². The highest BCUT2D eigenvalue weighted by Crippen LogP contribution is 2.33. The maximum absolute atomic E-state index is 13.4. The number of nitrogens with zero attached hydrogens (tertiary/aromatic N) is 3. The average Bonchev–Trinajstić information content (AvgIpc) is 3.26. The molecule has 0 radical (unpaired) electrons. The highest BCUT2D eigenvalue weighted by atomic mass is 19.1. The molecule has 0 aliphatic carbocycles. The zero-order valence-corrected chi connectivity index (χ0v) is 18.9. The van der Waals surface area contributed by atoms with E-state index >= 15 is 0 Å². The van der Waals surface area contributed by atoms with E-state index in [0.717, 1.165) is 28.2 Å². The Morgan fingerprint density at radius 3 is 2.42 bits per heavy atom. The quantitative estimate of drug-likeness (QED) is 0.488. The number of hydrogen-bond acceptors (Lipinski definition) is 4. The van der Waals surface area contributed by atoms with E-state index in [1.165, 1.54) is 12.1 Å². The molecule has 1 unspecified atom stereocenters. The van der Waals surface area contributed by atoms with Gasteiger partial charge in [0.2, 0.25) is 0 Å². The predicted molar refractivity (Wildman–Crippen MR) is 128 cm³/mol. The molecule has 33 heavy (non-hydrogen) atoms. The minimum atomic E-state index is -0.295. The minimum Gasteiger partial charge on any atom is -0.494 e. The first-order valence-electron chi connectivity index (χ1n) is 11.1. The molecule has 3 aromatic rings. The van der Waals surface area contributed by atoms with Gasteiger partial charge in [0.05, 0.1) is 24.9 Å². The Bertz CT molecular complexity index is 1100. The monoisotopic (exact) mass is 445 g/mol. The van der Waals surface area contributed by atoms with Crippen molar-refractivity contribution in [3.63, 3.8) is 0 Å². The van der Waals surface area contributed by atoms with Crippen LogP contribution in [0.2, 0.25) is 0 Å². The highest BCUT2D eigenvalue weighted by Gasteiger charge is 2.33. The summed E-state index contributed by atoms with van der Waals surface area (Å²) in [5.41, 5.74) is 3.72. The van der Waals surface area contributed by atoms with E-state index in [4.69, 9.17) is 4.74 Å². The van der Waals surface area contributed by atoms with Crippen molar-refractivity contribution in [2.45, 2.75) is 25.9 Å². The summed E-state index contributed by atoms with van der Waals surface area (Å²) in [6, 6.07) is 23.9. The van der Waals surface area contributed by atoms with Crippen LogP contribution in [-0.2, 0) is 11.3 Å². The zero-order chi connectivity index (χ0) is 23.2. The second-order valence-corrected chi connectivity index (χ2v) is 8.17. The van der Waals surface area contributed by atoms with E-state index < -0.39 is 0 Å². The van der Waals surface area contributed by atoms with Crippen LogP contribution in [0.3, 0.4) is 0 Å². The molecule has 1 amide bonds. The predicted octanol–water partition coefficient (Wildman–Crippen LogP) is 5.03. The van der Waals surface area contributed by atoms with Gasteiger partial charge in [0.1, 0.15) is 11.6 Å². The molecule has 1 heterocycles. The first-order chi connectivity index (χ1) is 16.0. The van der Waals surface area contributed by atoms with Crippen molar-refractivity contribution in [2.75, 3.05) is 20.2 Å². The largest absolute Gasteiger partial charge is 0.494 e. The van der Waals surface area contributed by atoms with Gasteiger partial charge in [-0.25, -0.2) is 9.40 Å². The van der Waals surface area contributed by atoms with Gasteiger partial charge in [0, 0.05) is 13.0 Å². The number of hydrazone groups is 1. The number of benzene rings is 3. The molecule has 0 fully saturated rings. The molecule has 5 nitrogen and oxygen atoms in total. The van der Waals surface area contributed by atoms with E-state index in [-0.39, 0.29) is 24.3 Å². The highest BCUT2D eigenvalue weighted by molar-refractivity contribution is 6.03. The van der Waals surface area contributed by atoms with Gasteiger partial charge in [-0.2, -0.15) is 5.10 Å². The second kappa shape index (κ2) is 10.4. The molecule has 6 heteroatoms. The molecule has 170 valence electrons. The normalized spacial score (nSPS) is 15.6. The van der Waals surface area contributed by atoms with Crippen LogP contribution < -0.4 is 4.74 Å². The average molecular weight is 446 g/mol. The van der Waals surface area contributed by atoms with E-state index in [2.05, 4.69) is 5.10 Å². The molecule has 1 aliphatic rings. The van der Waals surface area contributed by atoms with Crippen molar-refractivity contribution in [3.05, 3.63) is 101 Å². The number of carbonyl (C=O) groups is 1. The van der Waals surface area contributed by atoms with Gasteiger partial charge in [0.15, 0.2) is 0 Å². The fraction of sp³-hybridized carbons (Fsp3) is 0.259. The molecule has 0 spiro atoms. The van der Waals surface area contributed by atoms with Crippen LogP contribution >= 0.6 is 0 Å². The third-order valence-corrected chi connectivity index (χ3v) is 5.62. The Labute approximate surface area is 194 Å². The number of amides is 1. The first-order valence-corrected chi connectivity index (χ1v) is 11.1. The van der Waals surface area contributed by atoms with Crippen molar-refractivity contribution >= 4 is 11.6 Å². The molecular formula is C27H28FN3O2. The summed E-state index contributed by atoms with van der Waals surface area (Å²) in [5.74, 6) is 0.416. The molecule has 1 atom stereocenters. The van der Waals surface area contributed by atoms with Crippen molar-refractivity contribution in [2.24, 2.45) is 5.10 Å². The van der Waals surface area contributed by atoms with Crippen molar-refractivity contribution < 1.29 is 13.9 Å². The summed E-state index contributed by atoms with van der Waals surface area (Å²) in [6.07, 6.45) is 0.563. The lowest BCUT2D eigenvalue weighted by atomic mass is 9.98. The number of likely N-dealkylation sites (N-methyl/N-ethyl adjacent to an activating group) is 1. The molecule has 3 aromatic carbocycles. The SMILES string of the molecule is CCOc1ccc(C2CC(c3ccc(F)cc3)=NN2C(=O)CN(C)Cc2ccccc2)cc1. The number of carbonyl (C=O) groups excluding carboxylic acids is 1. The van der Waals surface area contributed by atoms with Crippen LogP contribution in [0.1, 0.15) is 36.1 Å². The number of ether oxygens (including phenoxy) is 1. The summed E-state index contributed by atoms with van der Waals surface area (Å²) in [6.45, 7) is 3.45. The summed E-state index contributed by atoms with van der Waals surface area (Å²) in [5, 5.41) is 6.26. The second-order valence-electron chi connectivity index (χ2n) is 8.17. The van der Waals surface area contributed by atoms with Gasteiger partial charge in [-0.15, -0.1) is 0 Å². The van der Waals surface area contributed by atoms with Crippen LogP contribution in [0.5, 0.6) is 5.75 Å². The van der Waals surface area contributed by atoms with E-state index in [1.54, 1.807) is 17.1 Å². The van der Waals surface area contributed by atoms with Crippen LogP contribution in [0, 0.1) is 5.82 Å². The molecule has 0 bridgehead atoms. The lowest BCUT2D eigenvalue weighted by Gasteiger charge is -2.25. The van der Waals surface area contributed by atoms with Crippen molar-refractivity contribution in [1.29, 1.82) is 0 Å². The number of halogens is 1. The van der Waals surface area contributed by atoms with Gasteiger partial charge in [-0.05, 0) is 54.9 Å². The lowest BCUT2D eigenvalue weighted by Crippen LogP contribution is -2.36. The Kier molecular flexibility index (Phi) is 7.15. The number of hydrogen-bond donors (Lipinski definition) is 0. The van der Waals surface area contributed by atoms with Gasteiger partial charge in [-0.1, -0.05) is 54.6 Å². The molecular weight excluding hydrogens is 417 g/mol. The maximum Gasteiger partial charge on any atom is 0.257 e. The third kappa shape index (κ3) is 5.65. The summed E-state index contributed by atoms with van der Waals surface area (Å²) in [4.78, 5) is 15.3. The fourth-order valence-corrected chi connectivity index (χ4v) is 4.02. The summed E-state index contributed by atoms with van der Waals surface area (Å²) < 4.78 is 19.0. The molecule has 1 aliphatic heterocycles. The minimum absolute atomic E-state index is 0.0792. The van der Waals surface area contributed by atoms with Crippen LogP contribution in [0.25, 0.3) is 0 Å². The fourth-order valence-electron chi connectivity index (χ4n) is 4.02. The van der Waals surface area contributed by atoms with Crippen LogP contribution in [0.15, 0.2) is 84.0 Å². The molecule has 0 aromatic heterocycles. The maximum atomic E-state index is 13.4. The van der Waals surface area contributed by atoms with Crippen LogP contribution in [-0.4, -0.2) is 41.7 Å². The molecule has 0 saturated heterocycles. The first kappa shape index (κ1) is 22.7. The van der Waals surface area contributed by atoms with Gasteiger partial charge in [0.25, 0.3) is 5.91 Å².